The second-order valence-electron chi connectivity index (χ2n) is 12.3. The van der Waals surface area contributed by atoms with Gasteiger partial charge in [0.15, 0.2) is 0 Å². The minimum atomic E-state index is -0.528. The summed E-state index contributed by atoms with van der Waals surface area (Å²) in [5.41, 5.74) is 1.51. The third kappa shape index (κ3) is 3.65. The van der Waals surface area contributed by atoms with Gasteiger partial charge in [0.25, 0.3) is 0 Å². The number of fused-ring (bicyclic) bond motifs is 5. The monoisotopic (exact) mass is 401 g/mol. The molecule has 1 radical (unpaired) electrons. The van der Waals surface area contributed by atoms with E-state index in [0.29, 0.717) is 11.3 Å². The first-order valence-corrected chi connectivity index (χ1v) is 12.5. The molecule has 3 fully saturated rings. The number of allylic oxidation sites excluding steroid dienone is 1. The molecule has 2 N–H and O–H groups in total. The topological polar surface area (TPSA) is 40.5 Å². The van der Waals surface area contributed by atoms with Crippen molar-refractivity contribution in [3.05, 3.63) is 18.1 Å². The Morgan fingerprint density at radius 2 is 1.90 bits per heavy atom. The fourth-order valence-electron chi connectivity index (χ4n) is 8.54. The van der Waals surface area contributed by atoms with Gasteiger partial charge in [0, 0.05) is 5.41 Å². The molecule has 8 atom stereocenters. The maximum Gasteiger partial charge on any atom is 0.0636 e. The van der Waals surface area contributed by atoms with Gasteiger partial charge in [-0.25, -0.2) is 0 Å². The average molecular weight is 402 g/mol. The van der Waals surface area contributed by atoms with Gasteiger partial charge in [-0.15, -0.1) is 0 Å². The first-order valence-electron chi connectivity index (χ1n) is 12.5. The van der Waals surface area contributed by atoms with Crippen LogP contribution in [-0.4, -0.2) is 21.9 Å². The van der Waals surface area contributed by atoms with Gasteiger partial charge < -0.3 is 10.2 Å². The molecule has 4 aliphatic rings. The zero-order chi connectivity index (χ0) is 21.0. The van der Waals surface area contributed by atoms with E-state index in [-0.39, 0.29) is 11.5 Å². The molecule has 0 amide bonds. The van der Waals surface area contributed by atoms with Crippen molar-refractivity contribution < 1.29 is 10.2 Å². The normalized spacial score (nSPS) is 45.8. The predicted molar refractivity (Wildman–Crippen MR) is 120 cm³/mol. The second kappa shape index (κ2) is 7.66. The second-order valence-corrected chi connectivity index (χ2v) is 12.3. The third-order valence-electron chi connectivity index (χ3n) is 10.2. The van der Waals surface area contributed by atoms with Gasteiger partial charge in [-0.3, -0.25) is 0 Å². The highest BCUT2D eigenvalue weighted by Gasteiger charge is 2.60. The Labute approximate surface area is 179 Å². The van der Waals surface area contributed by atoms with E-state index in [1.165, 1.54) is 44.1 Å². The van der Waals surface area contributed by atoms with E-state index in [4.69, 9.17) is 0 Å². The van der Waals surface area contributed by atoms with Crippen molar-refractivity contribution in [2.45, 2.75) is 111 Å². The average Bonchev–Trinajstić information content (AvgIpc) is 2.99. The van der Waals surface area contributed by atoms with E-state index >= 15 is 0 Å². The van der Waals surface area contributed by atoms with Crippen LogP contribution in [0, 0.1) is 46.8 Å². The molecule has 29 heavy (non-hydrogen) atoms. The van der Waals surface area contributed by atoms with Crippen molar-refractivity contribution in [2.24, 2.45) is 40.4 Å². The number of hydrogen-bond donors (Lipinski definition) is 2. The molecule has 2 heteroatoms. The van der Waals surface area contributed by atoms with E-state index in [9.17, 15) is 10.2 Å². The number of rotatable bonds is 5. The lowest BCUT2D eigenvalue weighted by molar-refractivity contribution is -0.0886. The van der Waals surface area contributed by atoms with Crippen LogP contribution in [-0.2, 0) is 0 Å². The van der Waals surface area contributed by atoms with Gasteiger partial charge in [0.2, 0.25) is 0 Å². The molecule has 4 aliphatic carbocycles. The highest BCUT2D eigenvalue weighted by molar-refractivity contribution is 5.28. The SMILES string of the molecule is C[C@H](CCCC(C)(C)O)[C@H]1CC[C@H]2[C@@H]3CC=C4C[CH]C[C@H](O)[C@]4(C)[C@H]3CC[C@]12C. The summed E-state index contributed by atoms with van der Waals surface area (Å²) < 4.78 is 0. The summed E-state index contributed by atoms with van der Waals surface area (Å²) in [5, 5.41) is 21.1. The number of aliphatic hydroxyl groups is 2. The minimum Gasteiger partial charge on any atom is -0.392 e. The molecule has 4 rings (SSSR count). The Morgan fingerprint density at radius 1 is 1.14 bits per heavy atom. The van der Waals surface area contributed by atoms with E-state index in [1.807, 2.05) is 13.8 Å². The standard InChI is InChI=1S/C27H45O2/c1-18(8-7-16-25(2,3)29)21-13-14-22-20-12-11-19-9-6-10-24(28)27(19,5)23(20)15-17-26(21,22)4/h6,11,18,20-24,28-29H,7-10,12-17H2,1-5H3/t18-,20+,21-,22+,23+,24+,26-,27+/m1/s1. The number of aliphatic hydroxyl groups excluding tert-OH is 1. The third-order valence-corrected chi connectivity index (χ3v) is 10.2. The molecule has 0 heterocycles. The van der Waals surface area contributed by atoms with Gasteiger partial charge in [-0.2, -0.15) is 0 Å². The molecule has 0 aromatic rings. The van der Waals surface area contributed by atoms with Crippen LogP contribution in [0.25, 0.3) is 0 Å². The predicted octanol–water partition coefficient (Wildman–Crippen LogP) is 6.32. The Morgan fingerprint density at radius 3 is 2.62 bits per heavy atom. The fourth-order valence-corrected chi connectivity index (χ4v) is 8.54. The summed E-state index contributed by atoms with van der Waals surface area (Å²) >= 11 is 0. The van der Waals surface area contributed by atoms with Crippen LogP contribution in [0.15, 0.2) is 11.6 Å². The molecule has 0 bridgehead atoms. The minimum absolute atomic E-state index is 0.0232. The van der Waals surface area contributed by atoms with Crippen molar-refractivity contribution in [3.63, 3.8) is 0 Å². The van der Waals surface area contributed by atoms with Crippen molar-refractivity contribution in [1.82, 2.24) is 0 Å². The van der Waals surface area contributed by atoms with Gasteiger partial charge >= 0.3 is 0 Å². The van der Waals surface area contributed by atoms with E-state index in [1.54, 1.807) is 0 Å². The van der Waals surface area contributed by atoms with Gasteiger partial charge in [-0.1, -0.05) is 45.3 Å². The van der Waals surface area contributed by atoms with E-state index in [2.05, 4.69) is 33.3 Å². The Hall–Kier alpha value is -0.340. The molecule has 165 valence electrons. The summed E-state index contributed by atoms with van der Waals surface area (Å²) in [4.78, 5) is 0. The van der Waals surface area contributed by atoms with E-state index < -0.39 is 5.60 Å². The zero-order valence-corrected chi connectivity index (χ0v) is 19.6. The highest BCUT2D eigenvalue weighted by atomic mass is 16.3. The largest absolute Gasteiger partial charge is 0.392 e. The van der Waals surface area contributed by atoms with Crippen molar-refractivity contribution in [2.75, 3.05) is 0 Å². The molecule has 0 aliphatic heterocycles. The van der Waals surface area contributed by atoms with Crippen LogP contribution >= 0.6 is 0 Å². The van der Waals surface area contributed by atoms with Crippen LogP contribution in [0.5, 0.6) is 0 Å². The van der Waals surface area contributed by atoms with Gasteiger partial charge in [0.05, 0.1) is 11.7 Å². The first kappa shape index (κ1) is 21.9. The van der Waals surface area contributed by atoms with Crippen LogP contribution in [0.2, 0.25) is 0 Å². The zero-order valence-electron chi connectivity index (χ0n) is 19.6. The molecule has 0 spiro atoms. The Balaban J connectivity index is 1.49. The molecular weight excluding hydrogens is 356 g/mol. The van der Waals surface area contributed by atoms with Crippen LogP contribution in [0.3, 0.4) is 0 Å². The maximum atomic E-state index is 11.0. The molecule has 0 saturated heterocycles. The van der Waals surface area contributed by atoms with Gasteiger partial charge in [0.1, 0.15) is 0 Å². The van der Waals surface area contributed by atoms with Crippen LogP contribution < -0.4 is 0 Å². The molecule has 0 aromatic heterocycles. The lowest BCUT2D eigenvalue weighted by atomic mass is 9.46. The van der Waals surface area contributed by atoms with Crippen LogP contribution in [0.1, 0.15) is 98.8 Å². The first-order chi connectivity index (χ1) is 13.6. The summed E-state index contributed by atoms with van der Waals surface area (Å²) in [7, 11) is 0. The van der Waals surface area contributed by atoms with Crippen molar-refractivity contribution in [1.29, 1.82) is 0 Å². The quantitative estimate of drug-likeness (QED) is 0.529. The van der Waals surface area contributed by atoms with Crippen LogP contribution in [0.4, 0.5) is 0 Å². The van der Waals surface area contributed by atoms with E-state index in [0.717, 1.165) is 49.4 Å². The molecule has 0 aromatic carbocycles. The molecule has 3 saturated carbocycles. The maximum absolute atomic E-state index is 11.0. The van der Waals surface area contributed by atoms with Crippen molar-refractivity contribution >= 4 is 0 Å². The van der Waals surface area contributed by atoms with Crippen molar-refractivity contribution in [3.8, 4) is 0 Å². The molecule has 2 nitrogen and oxygen atoms in total. The summed E-state index contributed by atoms with van der Waals surface area (Å²) in [6, 6.07) is 0. The molecule has 0 unspecified atom stereocenters. The van der Waals surface area contributed by atoms with Gasteiger partial charge in [-0.05, 0) is 107 Å². The lowest BCUT2D eigenvalue weighted by Gasteiger charge is -2.59. The Bertz CT molecular complexity index is 631. The fraction of sp³-hybridized carbons (Fsp3) is 0.889. The smallest absolute Gasteiger partial charge is 0.0636 e. The number of hydrogen-bond acceptors (Lipinski definition) is 2. The summed E-state index contributed by atoms with van der Waals surface area (Å²) in [6.07, 6.45) is 16.6. The Kier molecular flexibility index (Phi) is 5.78. The summed E-state index contributed by atoms with van der Waals surface area (Å²) in [6.45, 7) is 11.4. The molecular formula is C27H45O2. The lowest BCUT2D eigenvalue weighted by Crippen LogP contribution is -2.54. The summed E-state index contributed by atoms with van der Waals surface area (Å²) in [5.74, 6) is 3.86. The highest BCUT2D eigenvalue weighted by Crippen LogP contribution is 2.67.